The quantitative estimate of drug-likeness (QED) is 0.928. The molecule has 1 aromatic heterocycles. The van der Waals surface area contributed by atoms with Crippen LogP contribution in [0.2, 0.25) is 5.02 Å². The van der Waals surface area contributed by atoms with E-state index in [1.165, 1.54) is 6.07 Å². The van der Waals surface area contributed by atoms with Gasteiger partial charge in [0.05, 0.1) is 7.11 Å². The van der Waals surface area contributed by atoms with Gasteiger partial charge in [0.2, 0.25) is 0 Å². The van der Waals surface area contributed by atoms with E-state index in [1.807, 2.05) is 13.8 Å². The predicted octanol–water partition coefficient (Wildman–Crippen LogP) is 3.83. The van der Waals surface area contributed by atoms with Crippen molar-refractivity contribution in [1.82, 2.24) is 5.16 Å². The molecule has 0 aliphatic heterocycles. The number of benzene rings is 1. The van der Waals surface area contributed by atoms with E-state index in [0.29, 0.717) is 22.1 Å². The number of aromatic nitrogens is 1. The van der Waals surface area contributed by atoms with Gasteiger partial charge in [-0.1, -0.05) is 30.6 Å². The Morgan fingerprint density at radius 1 is 1.40 bits per heavy atom. The smallest absolute Gasteiger partial charge is 0.358 e. The molecule has 6 heteroatoms. The first kappa shape index (κ1) is 14.4. The molecule has 0 saturated heterocycles. The molecule has 1 N–H and O–H groups in total. The molecular weight excluding hydrogens is 282 g/mol. The Labute approximate surface area is 121 Å². The number of ether oxygens (including phenoxy) is 1. The van der Waals surface area contributed by atoms with Gasteiger partial charge in [-0.2, -0.15) is 0 Å². The molecule has 0 amide bonds. The van der Waals surface area contributed by atoms with E-state index in [4.69, 9.17) is 26.0 Å². The topological polar surface area (TPSA) is 72.6 Å². The van der Waals surface area contributed by atoms with Gasteiger partial charge in [-0.15, -0.1) is 0 Å². The third kappa shape index (κ3) is 2.63. The minimum atomic E-state index is -1.14. The molecule has 0 fully saturated rings. The molecule has 5 nitrogen and oxygen atoms in total. The fraction of sp³-hybridized carbons (Fsp3) is 0.286. The number of carboxylic acid groups (broad SMARTS) is 1. The normalized spacial score (nSPS) is 10.8. The second-order valence-corrected chi connectivity index (χ2v) is 5.04. The maximum absolute atomic E-state index is 10.9. The molecule has 2 aromatic rings. The molecule has 0 atom stereocenters. The van der Waals surface area contributed by atoms with E-state index in [1.54, 1.807) is 19.2 Å². The van der Waals surface area contributed by atoms with Gasteiger partial charge in [0.25, 0.3) is 0 Å². The molecule has 0 aliphatic carbocycles. The highest BCUT2D eigenvalue weighted by Crippen LogP contribution is 2.39. The Bertz CT molecular complexity index is 649. The van der Waals surface area contributed by atoms with Crippen LogP contribution in [0.4, 0.5) is 0 Å². The van der Waals surface area contributed by atoms with Crippen LogP contribution in [0.1, 0.15) is 35.8 Å². The van der Waals surface area contributed by atoms with Crippen LogP contribution >= 0.6 is 11.6 Å². The minimum Gasteiger partial charge on any atom is -0.496 e. The number of hydrogen-bond acceptors (Lipinski definition) is 4. The predicted molar refractivity (Wildman–Crippen MR) is 74.5 cm³/mol. The van der Waals surface area contributed by atoms with E-state index < -0.39 is 5.97 Å². The lowest BCUT2D eigenvalue weighted by atomic mass is 9.94. The first-order valence-corrected chi connectivity index (χ1v) is 6.39. The van der Waals surface area contributed by atoms with Crippen molar-refractivity contribution >= 4 is 17.6 Å². The average Bonchev–Trinajstić information content (AvgIpc) is 2.86. The molecule has 106 valence electrons. The zero-order valence-corrected chi connectivity index (χ0v) is 12.1. The minimum absolute atomic E-state index is 0.145. The Kier molecular flexibility index (Phi) is 3.99. The molecular formula is C14H14ClNO4. The van der Waals surface area contributed by atoms with Crippen molar-refractivity contribution < 1.29 is 19.2 Å². The molecule has 0 aliphatic rings. The summed E-state index contributed by atoms with van der Waals surface area (Å²) in [6.45, 7) is 4.01. The van der Waals surface area contributed by atoms with E-state index in [2.05, 4.69) is 5.16 Å². The molecule has 1 aromatic carbocycles. The van der Waals surface area contributed by atoms with Crippen molar-refractivity contribution in [2.75, 3.05) is 7.11 Å². The molecule has 0 bridgehead atoms. The average molecular weight is 296 g/mol. The number of carbonyl (C=O) groups is 1. The summed E-state index contributed by atoms with van der Waals surface area (Å²) in [7, 11) is 1.56. The molecule has 0 saturated carbocycles. The summed E-state index contributed by atoms with van der Waals surface area (Å²) in [6.07, 6.45) is 0. The standard InChI is InChI=1S/C14H14ClNO4/c1-7(2)13-9(4-8(15)5-12(13)19-3)11-6-10(14(17)18)16-20-11/h4-7H,1-3H3,(H,17,18). The van der Waals surface area contributed by atoms with Crippen molar-refractivity contribution in [2.24, 2.45) is 0 Å². The molecule has 1 heterocycles. The van der Waals surface area contributed by atoms with Crippen LogP contribution in [-0.4, -0.2) is 23.3 Å². The van der Waals surface area contributed by atoms with Crippen LogP contribution in [-0.2, 0) is 0 Å². The van der Waals surface area contributed by atoms with Crippen molar-refractivity contribution in [2.45, 2.75) is 19.8 Å². The number of carboxylic acids is 1. The number of methoxy groups -OCH3 is 1. The first-order valence-electron chi connectivity index (χ1n) is 6.01. The summed E-state index contributed by atoms with van der Waals surface area (Å²) in [5.41, 5.74) is 1.43. The second-order valence-electron chi connectivity index (χ2n) is 4.61. The monoisotopic (exact) mass is 295 g/mol. The third-order valence-corrected chi connectivity index (χ3v) is 3.12. The number of nitrogens with zero attached hydrogens (tertiary/aromatic N) is 1. The molecule has 0 radical (unpaired) electrons. The highest BCUT2D eigenvalue weighted by molar-refractivity contribution is 6.31. The lowest BCUT2D eigenvalue weighted by Crippen LogP contribution is -1.98. The number of halogens is 1. The Morgan fingerprint density at radius 2 is 2.10 bits per heavy atom. The molecule has 2 rings (SSSR count). The Morgan fingerprint density at radius 3 is 2.60 bits per heavy atom. The van der Waals surface area contributed by atoms with Gasteiger partial charge >= 0.3 is 5.97 Å². The van der Waals surface area contributed by atoms with Crippen LogP contribution < -0.4 is 4.74 Å². The van der Waals surface area contributed by atoms with E-state index in [9.17, 15) is 4.79 Å². The summed E-state index contributed by atoms with van der Waals surface area (Å²) in [6, 6.07) is 4.81. The molecule has 20 heavy (non-hydrogen) atoms. The van der Waals surface area contributed by atoms with Crippen LogP contribution in [0, 0.1) is 0 Å². The third-order valence-electron chi connectivity index (χ3n) is 2.90. The van der Waals surface area contributed by atoms with Gasteiger partial charge in [0.15, 0.2) is 11.5 Å². The van der Waals surface area contributed by atoms with E-state index in [0.717, 1.165) is 5.56 Å². The fourth-order valence-electron chi connectivity index (χ4n) is 2.06. The van der Waals surface area contributed by atoms with Gasteiger partial charge in [-0.05, 0) is 18.1 Å². The van der Waals surface area contributed by atoms with Crippen molar-refractivity contribution in [1.29, 1.82) is 0 Å². The van der Waals surface area contributed by atoms with Crippen LogP contribution in [0.15, 0.2) is 22.7 Å². The Hall–Kier alpha value is -2.01. The molecule has 0 spiro atoms. The first-order chi connectivity index (χ1) is 9.43. The summed E-state index contributed by atoms with van der Waals surface area (Å²) < 4.78 is 10.5. The number of hydrogen-bond donors (Lipinski definition) is 1. The van der Waals surface area contributed by atoms with E-state index in [-0.39, 0.29) is 11.6 Å². The van der Waals surface area contributed by atoms with Crippen LogP contribution in [0.5, 0.6) is 5.75 Å². The van der Waals surface area contributed by atoms with Crippen molar-refractivity contribution in [3.63, 3.8) is 0 Å². The SMILES string of the molecule is COc1cc(Cl)cc(-c2cc(C(=O)O)no2)c1C(C)C. The largest absolute Gasteiger partial charge is 0.496 e. The second kappa shape index (κ2) is 5.54. The Balaban J connectivity index is 2.64. The van der Waals surface area contributed by atoms with Crippen molar-refractivity contribution in [3.8, 4) is 17.1 Å². The molecule has 0 unspecified atom stereocenters. The summed E-state index contributed by atoms with van der Waals surface area (Å²) >= 11 is 6.07. The lowest BCUT2D eigenvalue weighted by molar-refractivity contribution is 0.0686. The van der Waals surface area contributed by atoms with Crippen LogP contribution in [0.3, 0.4) is 0 Å². The highest BCUT2D eigenvalue weighted by Gasteiger charge is 2.20. The maximum atomic E-state index is 10.9. The van der Waals surface area contributed by atoms with Gasteiger partial charge in [0.1, 0.15) is 5.75 Å². The number of aromatic carboxylic acids is 1. The fourth-order valence-corrected chi connectivity index (χ4v) is 2.27. The van der Waals surface area contributed by atoms with Gasteiger partial charge in [0, 0.05) is 22.2 Å². The van der Waals surface area contributed by atoms with Gasteiger partial charge in [-0.25, -0.2) is 4.79 Å². The zero-order chi connectivity index (χ0) is 14.9. The summed E-state index contributed by atoms with van der Waals surface area (Å²) in [5, 5.41) is 12.9. The highest BCUT2D eigenvalue weighted by atomic mass is 35.5. The van der Waals surface area contributed by atoms with Gasteiger partial charge in [-0.3, -0.25) is 0 Å². The van der Waals surface area contributed by atoms with Gasteiger partial charge < -0.3 is 14.4 Å². The summed E-state index contributed by atoms with van der Waals surface area (Å²) in [4.78, 5) is 10.9. The lowest BCUT2D eigenvalue weighted by Gasteiger charge is -2.16. The van der Waals surface area contributed by atoms with E-state index >= 15 is 0 Å². The number of rotatable bonds is 4. The summed E-state index contributed by atoms with van der Waals surface area (Å²) in [5.74, 6) is -0.00152. The maximum Gasteiger partial charge on any atom is 0.358 e. The van der Waals surface area contributed by atoms with Crippen LogP contribution in [0.25, 0.3) is 11.3 Å². The van der Waals surface area contributed by atoms with Crippen molar-refractivity contribution in [3.05, 3.63) is 34.5 Å². The zero-order valence-electron chi connectivity index (χ0n) is 11.3.